The van der Waals surface area contributed by atoms with Gasteiger partial charge in [-0.15, -0.1) is 0 Å². The molecule has 1 amide bonds. The van der Waals surface area contributed by atoms with Gasteiger partial charge in [0.25, 0.3) is 5.91 Å². The quantitative estimate of drug-likeness (QED) is 0.812. The molecule has 0 heterocycles. The van der Waals surface area contributed by atoms with Gasteiger partial charge in [-0.1, -0.05) is 24.6 Å². The van der Waals surface area contributed by atoms with Gasteiger partial charge in [0.2, 0.25) is 0 Å². The van der Waals surface area contributed by atoms with Gasteiger partial charge >= 0.3 is 0 Å². The van der Waals surface area contributed by atoms with Gasteiger partial charge < -0.3 is 15.8 Å². The lowest BCUT2D eigenvalue weighted by molar-refractivity contribution is -0.124. The third-order valence-corrected chi connectivity index (χ3v) is 3.48. The van der Waals surface area contributed by atoms with E-state index in [-0.39, 0.29) is 24.1 Å². The number of benzene rings is 1. The Labute approximate surface area is 128 Å². The van der Waals surface area contributed by atoms with Crippen LogP contribution in [-0.4, -0.2) is 24.1 Å². The molecule has 0 saturated carbocycles. The summed E-state index contributed by atoms with van der Waals surface area (Å²) in [5, 5.41) is 2.96. The summed E-state index contributed by atoms with van der Waals surface area (Å²) in [6.07, 6.45) is 1.61. The van der Waals surface area contributed by atoms with E-state index in [0.717, 1.165) is 29.7 Å². The van der Waals surface area contributed by atoms with Crippen LogP contribution in [0.4, 0.5) is 0 Å². The van der Waals surface area contributed by atoms with Gasteiger partial charge in [-0.3, -0.25) is 4.79 Å². The van der Waals surface area contributed by atoms with Crippen LogP contribution >= 0.6 is 0 Å². The Bertz CT molecular complexity index is 482. The van der Waals surface area contributed by atoms with E-state index in [1.165, 1.54) is 0 Å². The summed E-state index contributed by atoms with van der Waals surface area (Å²) < 4.78 is 5.68. The van der Waals surface area contributed by atoms with Crippen molar-refractivity contribution in [2.45, 2.75) is 59.0 Å². The molecule has 4 heteroatoms. The molecule has 1 rings (SSSR count). The van der Waals surface area contributed by atoms with Crippen molar-refractivity contribution in [1.82, 2.24) is 5.32 Å². The summed E-state index contributed by atoms with van der Waals surface area (Å²) in [5.41, 5.74) is 7.87. The van der Waals surface area contributed by atoms with E-state index in [0.29, 0.717) is 0 Å². The molecular weight excluding hydrogens is 264 g/mol. The van der Waals surface area contributed by atoms with E-state index < -0.39 is 0 Å². The zero-order valence-corrected chi connectivity index (χ0v) is 13.8. The Hall–Kier alpha value is -1.55. The van der Waals surface area contributed by atoms with Crippen molar-refractivity contribution in [3.63, 3.8) is 0 Å². The number of carbonyl (C=O) groups is 1. The van der Waals surface area contributed by atoms with Crippen molar-refractivity contribution in [1.29, 1.82) is 0 Å². The lowest BCUT2D eigenvalue weighted by Crippen LogP contribution is -2.44. The highest BCUT2D eigenvalue weighted by atomic mass is 16.5. The molecule has 0 radical (unpaired) electrons. The van der Waals surface area contributed by atoms with Crippen LogP contribution in [-0.2, 0) is 11.2 Å². The number of hydrogen-bond acceptors (Lipinski definition) is 3. The van der Waals surface area contributed by atoms with E-state index >= 15 is 0 Å². The number of carbonyl (C=O) groups excluding carboxylic acids is 1. The maximum atomic E-state index is 11.9. The Balaban J connectivity index is 2.68. The normalized spacial score (nSPS) is 12.9. The SMILES string of the molecule is CCC(C)(C)NC(=O)COc1ccc(C)cc1CC(C)N. The third-order valence-electron chi connectivity index (χ3n) is 3.48. The average molecular weight is 292 g/mol. The predicted molar refractivity (Wildman–Crippen MR) is 86.5 cm³/mol. The van der Waals surface area contributed by atoms with Crippen molar-refractivity contribution in [3.05, 3.63) is 29.3 Å². The van der Waals surface area contributed by atoms with Gasteiger partial charge in [-0.2, -0.15) is 0 Å². The first-order valence-electron chi connectivity index (χ1n) is 7.52. The number of nitrogens with two attached hydrogens (primary N) is 1. The molecule has 1 atom stereocenters. The Morgan fingerprint density at radius 2 is 2.10 bits per heavy atom. The summed E-state index contributed by atoms with van der Waals surface area (Å²) in [6, 6.07) is 6.01. The molecule has 0 aromatic heterocycles. The van der Waals surface area contributed by atoms with Gasteiger partial charge in [-0.05, 0) is 52.2 Å². The third kappa shape index (κ3) is 6.17. The van der Waals surface area contributed by atoms with Crippen LogP contribution in [0.5, 0.6) is 5.75 Å². The van der Waals surface area contributed by atoms with Crippen LogP contribution in [0.15, 0.2) is 18.2 Å². The average Bonchev–Trinajstić information content (AvgIpc) is 2.36. The standard InChI is InChI=1S/C17H28N2O2/c1-6-17(4,5)19-16(20)11-21-15-8-7-12(2)9-14(15)10-13(3)18/h7-9,13H,6,10-11,18H2,1-5H3,(H,19,20). The fraction of sp³-hybridized carbons (Fsp3) is 0.588. The molecule has 0 spiro atoms. The maximum Gasteiger partial charge on any atom is 0.258 e. The molecule has 21 heavy (non-hydrogen) atoms. The minimum atomic E-state index is -0.206. The minimum absolute atomic E-state index is 0.0262. The van der Waals surface area contributed by atoms with Gasteiger partial charge in [-0.25, -0.2) is 0 Å². The van der Waals surface area contributed by atoms with Crippen LogP contribution < -0.4 is 15.8 Å². The van der Waals surface area contributed by atoms with Crippen molar-refractivity contribution in [2.75, 3.05) is 6.61 Å². The fourth-order valence-electron chi connectivity index (χ4n) is 2.00. The molecule has 0 bridgehead atoms. The van der Waals surface area contributed by atoms with E-state index in [1.54, 1.807) is 0 Å². The monoisotopic (exact) mass is 292 g/mol. The highest BCUT2D eigenvalue weighted by Crippen LogP contribution is 2.21. The summed E-state index contributed by atoms with van der Waals surface area (Å²) in [6.45, 7) is 10.1. The number of rotatable bonds is 7. The van der Waals surface area contributed by atoms with Gasteiger partial charge in [0.05, 0.1) is 0 Å². The summed E-state index contributed by atoms with van der Waals surface area (Å²) in [7, 11) is 0. The highest BCUT2D eigenvalue weighted by Gasteiger charge is 2.18. The minimum Gasteiger partial charge on any atom is -0.483 e. The molecule has 4 nitrogen and oxygen atoms in total. The van der Waals surface area contributed by atoms with Crippen LogP contribution in [0, 0.1) is 6.92 Å². The lowest BCUT2D eigenvalue weighted by atomic mass is 10.0. The zero-order chi connectivity index (χ0) is 16.0. The smallest absolute Gasteiger partial charge is 0.258 e. The first kappa shape index (κ1) is 17.5. The molecule has 0 fully saturated rings. The summed E-state index contributed by atoms with van der Waals surface area (Å²) in [5.74, 6) is 0.636. The van der Waals surface area contributed by atoms with Crippen LogP contribution in [0.3, 0.4) is 0 Å². The molecule has 3 N–H and O–H groups in total. The zero-order valence-electron chi connectivity index (χ0n) is 13.8. The number of nitrogens with one attached hydrogen (secondary N) is 1. The lowest BCUT2D eigenvalue weighted by Gasteiger charge is -2.24. The van der Waals surface area contributed by atoms with E-state index in [9.17, 15) is 4.79 Å². The van der Waals surface area contributed by atoms with Crippen LogP contribution in [0.1, 0.15) is 45.2 Å². The van der Waals surface area contributed by atoms with Crippen molar-refractivity contribution in [3.8, 4) is 5.75 Å². The van der Waals surface area contributed by atoms with E-state index in [4.69, 9.17) is 10.5 Å². The van der Waals surface area contributed by atoms with Gasteiger partial charge in [0.15, 0.2) is 6.61 Å². The number of hydrogen-bond donors (Lipinski definition) is 2. The maximum absolute atomic E-state index is 11.9. The van der Waals surface area contributed by atoms with Crippen molar-refractivity contribution in [2.24, 2.45) is 5.73 Å². The molecule has 1 unspecified atom stereocenters. The number of ether oxygens (including phenoxy) is 1. The Kier molecular flexibility index (Phi) is 6.21. The topological polar surface area (TPSA) is 64.3 Å². The molecule has 118 valence electrons. The Morgan fingerprint density at radius 3 is 2.67 bits per heavy atom. The largest absolute Gasteiger partial charge is 0.483 e. The van der Waals surface area contributed by atoms with Gasteiger partial charge in [0.1, 0.15) is 5.75 Å². The van der Waals surface area contributed by atoms with Crippen LogP contribution in [0.2, 0.25) is 0 Å². The second-order valence-electron chi connectivity index (χ2n) is 6.37. The summed E-state index contributed by atoms with van der Waals surface area (Å²) in [4.78, 5) is 11.9. The molecule has 0 saturated heterocycles. The molecule has 1 aromatic carbocycles. The number of aryl methyl sites for hydroxylation is 1. The molecule has 0 aliphatic rings. The Morgan fingerprint density at radius 1 is 1.43 bits per heavy atom. The first-order valence-corrected chi connectivity index (χ1v) is 7.52. The first-order chi connectivity index (χ1) is 9.73. The molecule has 1 aromatic rings. The summed E-state index contributed by atoms with van der Waals surface area (Å²) >= 11 is 0. The van der Waals surface area contributed by atoms with Crippen molar-refractivity contribution < 1.29 is 9.53 Å². The van der Waals surface area contributed by atoms with Crippen LogP contribution in [0.25, 0.3) is 0 Å². The van der Waals surface area contributed by atoms with E-state index in [2.05, 4.69) is 11.4 Å². The second kappa shape index (κ2) is 7.46. The van der Waals surface area contributed by atoms with Crippen molar-refractivity contribution >= 4 is 5.91 Å². The van der Waals surface area contributed by atoms with E-state index in [1.807, 2.05) is 46.8 Å². The molecule has 0 aliphatic carbocycles. The second-order valence-corrected chi connectivity index (χ2v) is 6.37. The van der Waals surface area contributed by atoms with Gasteiger partial charge in [0, 0.05) is 11.6 Å². The molecular formula is C17H28N2O2. The number of amides is 1. The highest BCUT2D eigenvalue weighted by molar-refractivity contribution is 5.78. The fourth-order valence-corrected chi connectivity index (χ4v) is 2.00. The predicted octanol–water partition coefficient (Wildman–Crippen LogP) is 2.57. The molecule has 0 aliphatic heterocycles.